The minimum Gasteiger partial charge on any atom is -0.496 e. The Balaban J connectivity index is 1.89. The summed E-state index contributed by atoms with van der Waals surface area (Å²) in [6.45, 7) is 7.15. The molecule has 25 heavy (non-hydrogen) atoms. The van der Waals surface area contributed by atoms with Gasteiger partial charge in [-0.2, -0.15) is 0 Å². The topological polar surface area (TPSA) is 63.3 Å². The molecule has 1 aliphatic heterocycles. The van der Waals surface area contributed by atoms with Crippen LogP contribution in [0.2, 0.25) is 0 Å². The van der Waals surface area contributed by atoms with Crippen LogP contribution in [-0.2, 0) is 6.42 Å². The Morgan fingerprint density at radius 1 is 1.00 bits per heavy atom. The summed E-state index contributed by atoms with van der Waals surface area (Å²) >= 11 is 0. The third-order valence-corrected chi connectivity index (χ3v) is 4.56. The maximum Gasteiger partial charge on any atom is 0.317 e. The SMILES string of the molecule is CCN1CCN(C(=O)NCCc2cc(OC)c(OC)cc2OC)CC1. The predicted molar refractivity (Wildman–Crippen MR) is 96.9 cm³/mol. The summed E-state index contributed by atoms with van der Waals surface area (Å²) in [5.41, 5.74) is 0.969. The first-order valence-electron chi connectivity index (χ1n) is 8.66. The first-order valence-corrected chi connectivity index (χ1v) is 8.66. The van der Waals surface area contributed by atoms with E-state index in [0.717, 1.165) is 44.0 Å². The number of piperazine rings is 1. The third-order valence-electron chi connectivity index (χ3n) is 4.56. The van der Waals surface area contributed by atoms with E-state index < -0.39 is 0 Å². The molecule has 140 valence electrons. The van der Waals surface area contributed by atoms with Gasteiger partial charge in [-0.3, -0.25) is 0 Å². The van der Waals surface area contributed by atoms with Crippen LogP contribution < -0.4 is 19.5 Å². The van der Waals surface area contributed by atoms with Gasteiger partial charge in [-0.05, 0) is 24.6 Å². The van der Waals surface area contributed by atoms with E-state index in [1.165, 1.54) is 0 Å². The Bertz CT molecular complexity index is 572. The van der Waals surface area contributed by atoms with Crippen LogP contribution in [0.15, 0.2) is 12.1 Å². The van der Waals surface area contributed by atoms with Gasteiger partial charge in [0, 0.05) is 38.8 Å². The Morgan fingerprint density at radius 2 is 1.60 bits per heavy atom. The summed E-state index contributed by atoms with van der Waals surface area (Å²) in [5.74, 6) is 2.00. The fourth-order valence-corrected chi connectivity index (χ4v) is 2.97. The molecule has 1 aliphatic rings. The number of urea groups is 1. The predicted octanol–water partition coefficient (Wildman–Crippen LogP) is 1.60. The van der Waals surface area contributed by atoms with E-state index in [9.17, 15) is 4.79 Å². The van der Waals surface area contributed by atoms with Crippen molar-refractivity contribution in [3.05, 3.63) is 17.7 Å². The van der Waals surface area contributed by atoms with E-state index >= 15 is 0 Å². The number of likely N-dealkylation sites (N-methyl/N-ethyl adjacent to an activating group) is 1. The van der Waals surface area contributed by atoms with Gasteiger partial charge in [0.05, 0.1) is 21.3 Å². The number of rotatable bonds is 7. The number of hydrogen-bond donors (Lipinski definition) is 1. The molecule has 2 amide bonds. The summed E-state index contributed by atoms with van der Waals surface area (Å²) in [6, 6.07) is 3.69. The molecule has 0 aromatic heterocycles. The molecule has 1 N–H and O–H groups in total. The highest BCUT2D eigenvalue weighted by atomic mass is 16.5. The van der Waals surface area contributed by atoms with Gasteiger partial charge in [0.15, 0.2) is 11.5 Å². The lowest BCUT2D eigenvalue weighted by Gasteiger charge is -2.34. The molecule has 0 atom stereocenters. The maximum absolute atomic E-state index is 12.3. The molecule has 7 nitrogen and oxygen atoms in total. The first-order chi connectivity index (χ1) is 12.1. The van der Waals surface area contributed by atoms with Crippen molar-refractivity contribution < 1.29 is 19.0 Å². The van der Waals surface area contributed by atoms with Crippen LogP contribution in [0.5, 0.6) is 17.2 Å². The zero-order valence-corrected chi connectivity index (χ0v) is 15.6. The number of nitrogens with zero attached hydrogens (tertiary/aromatic N) is 2. The van der Waals surface area contributed by atoms with Gasteiger partial charge in [0.2, 0.25) is 0 Å². The normalized spacial score (nSPS) is 15.0. The Hall–Kier alpha value is -2.15. The molecule has 1 aromatic carbocycles. The maximum atomic E-state index is 12.3. The lowest BCUT2D eigenvalue weighted by Crippen LogP contribution is -2.51. The number of benzene rings is 1. The van der Waals surface area contributed by atoms with Gasteiger partial charge < -0.3 is 29.3 Å². The molecule has 0 spiro atoms. The monoisotopic (exact) mass is 351 g/mol. The average Bonchev–Trinajstić information content (AvgIpc) is 2.67. The Morgan fingerprint density at radius 3 is 2.16 bits per heavy atom. The minimum absolute atomic E-state index is 0.00445. The van der Waals surface area contributed by atoms with E-state index in [-0.39, 0.29) is 6.03 Å². The second kappa shape index (κ2) is 9.36. The van der Waals surface area contributed by atoms with Crippen molar-refractivity contribution in [2.45, 2.75) is 13.3 Å². The minimum atomic E-state index is -0.00445. The van der Waals surface area contributed by atoms with E-state index in [1.54, 1.807) is 27.4 Å². The smallest absolute Gasteiger partial charge is 0.317 e. The molecule has 0 unspecified atom stereocenters. The quantitative estimate of drug-likeness (QED) is 0.808. The molecule has 7 heteroatoms. The summed E-state index contributed by atoms with van der Waals surface area (Å²) < 4.78 is 16.0. The number of methoxy groups -OCH3 is 3. The molecule has 0 aliphatic carbocycles. The number of hydrogen-bond acceptors (Lipinski definition) is 5. The van der Waals surface area contributed by atoms with Gasteiger partial charge >= 0.3 is 6.03 Å². The summed E-state index contributed by atoms with van der Waals surface area (Å²) in [6.07, 6.45) is 0.657. The first kappa shape index (κ1) is 19.2. The van der Waals surface area contributed by atoms with Crippen molar-refractivity contribution >= 4 is 6.03 Å². The van der Waals surface area contributed by atoms with Crippen LogP contribution in [0.25, 0.3) is 0 Å². The van der Waals surface area contributed by atoms with Crippen LogP contribution in [0.1, 0.15) is 12.5 Å². The zero-order valence-electron chi connectivity index (χ0n) is 15.6. The Labute approximate surface area is 149 Å². The highest BCUT2D eigenvalue weighted by Gasteiger charge is 2.20. The standard InChI is InChI=1S/C18H29N3O4/c1-5-20-8-10-21(11-9-20)18(22)19-7-6-14-12-16(24-3)17(25-4)13-15(14)23-2/h12-13H,5-11H2,1-4H3,(H,19,22). The molecule has 1 saturated heterocycles. The van der Waals surface area contributed by atoms with E-state index in [4.69, 9.17) is 14.2 Å². The van der Waals surface area contributed by atoms with Crippen molar-refractivity contribution in [2.24, 2.45) is 0 Å². The van der Waals surface area contributed by atoms with Crippen molar-refractivity contribution in [3.8, 4) is 17.2 Å². The molecule has 0 radical (unpaired) electrons. The molecular formula is C18H29N3O4. The van der Waals surface area contributed by atoms with Gasteiger partial charge in [-0.25, -0.2) is 4.79 Å². The highest BCUT2D eigenvalue weighted by molar-refractivity contribution is 5.74. The largest absolute Gasteiger partial charge is 0.496 e. The van der Waals surface area contributed by atoms with E-state index in [0.29, 0.717) is 24.5 Å². The van der Waals surface area contributed by atoms with Crippen LogP contribution in [0, 0.1) is 0 Å². The molecule has 1 fully saturated rings. The van der Waals surface area contributed by atoms with Crippen LogP contribution in [0.4, 0.5) is 4.79 Å². The van der Waals surface area contributed by atoms with Crippen molar-refractivity contribution in [2.75, 3.05) is 60.6 Å². The van der Waals surface area contributed by atoms with E-state index in [2.05, 4.69) is 17.1 Å². The lowest BCUT2D eigenvalue weighted by molar-refractivity contribution is 0.143. The molecule has 0 saturated carbocycles. The molecule has 1 aromatic rings. The van der Waals surface area contributed by atoms with Crippen LogP contribution in [0.3, 0.4) is 0 Å². The zero-order chi connectivity index (χ0) is 18.2. The Kier molecular flexibility index (Phi) is 7.18. The second-order valence-corrected chi connectivity index (χ2v) is 5.92. The molecule has 0 bridgehead atoms. The number of ether oxygens (including phenoxy) is 3. The van der Waals surface area contributed by atoms with Crippen molar-refractivity contribution in [3.63, 3.8) is 0 Å². The fraction of sp³-hybridized carbons (Fsp3) is 0.611. The third kappa shape index (κ3) is 4.92. The van der Waals surface area contributed by atoms with E-state index in [1.807, 2.05) is 11.0 Å². The molecule has 1 heterocycles. The van der Waals surface area contributed by atoms with Gasteiger partial charge in [0.25, 0.3) is 0 Å². The summed E-state index contributed by atoms with van der Waals surface area (Å²) in [7, 11) is 4.82. The number of nitrogens with one attached hydrogen (secondary N) is 1. The van der Waals surface area contributed by atoms with Crippen LogP contribution in [-0.4, -0.2) is 76.4 Å². The average molecular weight is 351 g/mol. The summed E-state index contributed by atoms with van der Waals surface area (Å²) in [4.78, 5) is 16.5. The number of carbonyl (C=O) groups excluding carboxylic acids is 1. The number of amides is 2. The fourth-order valence-electron chi connectivity index (χ4n) is 2.97. The highest BCUT2D eigenvalue weighted by Crippen LogP contribution is 2.34. The van der Waals surface area contributed by atoms with Crippen molar-refractivity contribution in [1.82, 2.24) is 15.1 Å². The van der Waals surface area contributed by atoms with Crippen LogP contribution >= 0.6 is 0 Å². The summed E-state index contributed by atoms with van der Waals surface area (Å²) in [5, 5.41) is 2.99. The second-order valence-electron chi connectivity index (χ2n) is 5.92. The lowest BCUT2D eigenvalue weighted by atomic mass is 10.1. The van der Waals surface area contributed by atoms with Gasteiger partial charge in [-0.1, -0.05) is 6.92 Å². The number of carbonyl (C=O) groups is 1. The molecule has 2 rings (SSSR count). The van der Waals surface area contributed by atoms with Gasteiger partial charge in [0.1, 0.15) is 5.75 Å². The molecular weight excluding hydrogens is 322 g/mol. The van der Waals surface area contributed by atoms with Crippen molar-refractivity contribution in [1.29, 1.82) is 0 Å². The van der Waals surface area contributed by atoms with Gasteiger partial charge in [-0.15, -0.1) is 0 Å².